The van der Waals surface area contributed by atoms with E-state index in [1.165, 1.54) is 16.9 Å². The molecule has 0 atom stereocenters. The van der Waals surface area contributed by atoms with Crippen LogP contribution in [0.5, 0.6) is 5.75 Å². The molecule has 0 unspecified atom stereocenters. The Labute approximate surface area is 202 Å². The molecular weight excluding hydrogens is 446 g/mol. The largest absolute Gasteiger partial charge is 0.497 e. The highest BCUT2D eigenvalue weighted by molar-refractivity contribution is 7.12. The van der Waals surface area contributed by atoms with E-state index in [0.29, 0.717) is 16.9 Å². The molecule has 2 amide bonds. The van der Waals surface area contributed by atoms with Gasteiger partial charge in [0.15, 0.2) is 0 Å². The van der Waals surface area contributed by atoms with Crippen molar-refractivity contribution in [1.29, 1.82) is 0 Å². The van der Waals surface area contributed by atoms with Crippen LogP contribution < -0.4 is 15.4 Å². The van der Waals surface area contributed by atoms with Gasteiger partial charge in [-0.15, -0.1) is 11.3 Å². The zero-order valence-corrected chi connectivity index (χ0v) is 20.0. The maximum atomic E-state index is 12.7. The number of aryl methyl sites for hydroxylation is 2. The van der Waals surface area contributed by atoms with Crippen molar-refractivity contribution in [3.8, 4) is 17.0 Å². The van der Waals surface area contributed by atoms with Crippen LogP contribution in [0.15, 0.2) is 72.8 Å². The number of ether oxygens (including phenoxy) is 1. The number of thiazole rings is 1. The second-order valence-electron chi connectivity index (χ2n) is 7.86. The summed E-state index contributed by atoms with van der Waals surface area (Å²) in [7, 11) is 1.59. The molecule has 0 aliphatic heterocycles. The number of nitrogens with one attached hydrogen (secondary N) is 2. The van der Waals surface area contributed by atoms with Crippen LogP contribution in [-0.2, 0) is 11.2 Å². The Kier molecular flexibility index (Phi) is 7.04. The molecule has 34 heavy (non-hydrogen) atoms. The molecule has 0 aliphatic rings. The Hall–Kier alpha value is -3.97. The fraction of sp³-hybridized carbons (Fsp3) is 0.148. The highest BCUT2D eigenvalue weighted by Crippen LogP contribution is 2.29. The van der Waals surface area contributed by atoms with Crippen LogP contribution in [0, 0.1) is 13.8 Å². The number of anilines is 2. The summed E-state index contributed by atoms with van der Waals surface area (Å²) >= 11 is 1.53. The van der Waals surface area contributed by atoms with Crippen molar-refractivity contribution >= 4 is 34.5 Å². The minimum Gasteiger partial charge on any atom is -0.497 e. The minimum absolute atomic E-state index is 0.132. The zero-order valence-electron chi connectivity index (χ0n) is 19.2. The van der Waals surface area contributed by atoms with E-state index >= 15 is 0 Å². The summed E-state index contributed by atoms with van der Waals surface area (Å²) in [4.78, 5) is 30.8. The number of hydrogen-bond donors (Lipinski definition) is 2. The van der Waals surface area contributed by atoms with Crippen molar-refractivity contribution in [2.24, 2.45) is 0 Å². The molecule has 4 rings (SSSR count). The average molecular weight is 472 g/mol. The second-order valence-corrected chi connectivity index (χ2v) is 9.14. The van der Waals surface area contributed by atoms with Gasteiger partial charge in [-0.1, -0.05) is 29.8 Å². The SMILES string of the molecule is COc1ccc(NC(=O)c2ccc(NC(=O)Cc3sc(C)nc3-c3ccc(C)cc3)cc2)cc1. The van der Waals surface area contributed by atoms with Gasteiger partial charge in [0.1, 0.15) is 5.75 Å². The normalized spacial score (nSPS) is 10.6. The number of methoxy groups -OCH3 is 1. The first-order chi connectivity index (χ1) is 16.4. The third-order valence-corrected chi connectivity index (χ3v) is 6.20. The molecule has 1 heterocycles. The van der Waals surface area contributed by atoms with Crippen LogP contribution in [0.2, 0.25) is 0 Å². The molecule has 0 saturated heterocycles. The molecule has 0 radical (unpaired) electrons. The molecule has 0 saturated carbocycles. The zero-order chi connectivity index (χ0) is 24.1. The monoisotopic (exact) mass is 471 g/mol. The number of amides is 2. The molecule has 0 fully saturated rings. The molecule has 0 bridgehead atoms. The van der Waals surface area contributed by atoms with Gasteiger partial charge in [0.05, 0.1) is 24.2 Å². The van der Waals surface area contributed by atoms with Crippen LogP contribution in [-0.4, -0.2) is 23.9 Å². The van der Waals surface area contributed by atoms with Crippen molar-refractivity contribution in [3.05, 3.63) is 93.8 Å². The molecule has 6 nitrogen and oxygen atoms in total. The summed E-state index contributed by atoms with van der Waals surface area (Å²) in [5.74, 6) is 0.357. The van der Waals surface area contributed by atoms with Gasteiger partial charge in [-0.05, 0) is 62.4 Å². The first-order valence-electron chi connectivity index (χ1n) is 10.8. The van der Waals surface area contributed by atoms with Crippen LogP contribution in [0.3, 0.4) is 0 Å². The van der Waals surface area contributed by atoms with Gasteiger partial charge < -0.3 is 15.4 Å². The van der Waals surface area contributed by atoms with Gasteiger partial charge in [-0.25, -0.2) is 4.98 Å². The lowest BCUT2D eigenvalue weighted by Gasteiger charge is -2.08. The summed E-state index contributed by atoms with van der Waals surface area (Å²) < 4.78 is 5.13. The van der Waals surface area contributed by atoms with Crippen LogP contribution in [0.4, 0.5) is 11.4 Å². The summed E-state index contributed by atoms with van der Waals surface area (Å²) in [6.45, 7) is 3.98. The Morgan fingerprint density at radius 2 is 1.47 bits per heavy atom. The number of nitrogens with zero attached hydrogens (tertiary/aromatic N) is 1. The van der Waals surface area contributed by atoms with Crippen molar-refractivity contribution in [2.45, 2.75) is 20.3 Å². The smallest absolute Gasteiger partial charge is 0.255 e. The highest BCUT2D eigenvalue weighted by Gasteiger charge is 2.15. The van der Waals surface area contributed by atoms with E-state index in [1.54, 1.807) is 55.6 Å². The molecule has 172 valence electrons. The van der Waals surface area contributed by atoms with E-state index < -0.39 is 0 Å². The maximum Gasteiger partial charge on any atom is 0.255 e. The lowest BCUT2D eigenvalue weighted by Crippen LogP contribution is -2.15. The predicted molar refractivity (Wildman–Crippen MR) is 137 cm³/mol. The standard InChI is InChI=1S/C27H25N3O3S/c1-17-4-6-19(7-5-17)26-24(34-18(2)28-26)16-25(31)29-21-10-8-20(9-11-21)27(32)30-22-12-14-23(33-3)15-13-22/h4-15H,16H2,1-3H3,(H,29,31)(H,30,32). The molecule has 2 N–H and O–H groups in total. The topological polar surface area (TPSA) is 80.3 Å². The van der Waals surface area contributed by atoms with Crippen molar-refractivity contribution in [3.63, 3.8) is 0 Å². The van der Waals surface area contributed by atoms with E-state index in [0.717, 1.165) is 26.9 Å². The Morgan fingerprint density at radius 1 is 0.853 bits per heavy atom. The summed E-state index contributed by atoms with van der Waals surface area (Å²) in [5, 5.41) is 6.67. The molecule has 7 heteroatoms. The van der Waals surface area contributed by atoms with Crippen LogP contribution in [0.1, 0.15) is 25.8 Å². The Morgan fingerprint density at radius 3 is 2.12 bits per heavy atom. The number of rotatable bonds is 7. The number of hydrogen-bond acceptors (Lipinski definition) is 5. The quantitative estimate of drug-likeness (QED) is 0.353. The lowest BCUT2D eigenvalue weighted by atomic mass is 10.1. The molecule has 3 aromatic carbocycles. The van der Waals surface area contributed by atoms with Gasteiger partial charge in [0.2, 0.25) is 5.91 Å². The van der Waals surface area contributed by atoms with E-state index in [4.69, 9.17) is 4.74 Å². The fourth-order valence-electron chi connectivity index (χ4n) is 3.46. The van der Waals surface area contributed by atoms with E-state index in [2.05, 4.69) is 15.6 Å². The number of carbonyl (C=O) groups excluding carboxylic acids is 2. The van der Waals surface area contributed by atoms with Crippen molar-refractivity contribution in [2.75, 3.05) is 17.7 Å². The lowest BCUT2D eigenvalue weighted by molar-refractivity contribution is -0.115. The Balaban J connectivity index is 1.38. The number of benzene rings is 3. The molecular formula is C27H25N3O3S. The van der Waals surface area contributed by atoms with Gasteiger partial charge in [-0.2, -0.15) is 0 Å². The highest BCUT2D eigenvalue weighted by atomic mass is 32.1. The number of aromatic nitrogens is 1. The third kappa shape index (κ3) is 5.68. The first kappa shape index (κ1) is 23.2. The van der Waals surface area contributed by atoms with Gasteiger partial charge >= 0.3 is 0 Å². The molecule has 4 aromatic rings. The van der Waals surface area contributed by atoms with E-state index in [9.17, 15) is 9.59 Å². The van der Waals surface area contributed by atoms with Crippen LogP contribution >= 0.6 is 11.3 Å². The molecule has 0 aliphatic carbocycles. The van der Waals surface area contributed by atoms with Crippen LogP contribution in [0.25, 0.3) is 11.3 Å². The van der Waals surface area contributed by atoms with E-state index in [-0.39, 0.29) is 18.2 Å². The third-order valence-electron chi connectivity index (χ3n) is 5.23. The van der Waals surface area contributed by atoms with Gasteiger partial charge in [-0.3, -0.25) is 9.59 Å². The fourth-order valence-corrected chi connectivity index (χ4v) is 4.42. The van der Waals surface area contributed by atoms with Gasteiger partial charge in [0.25, 0.3) is 5.91 Å². The minimum atomic E-state index is -0.231. The maximum absolute atomic E-state index is 12.7. The molecule has 0 spiro atoms. The molecule has 1 aromatic heterocycles. The summed E-state index contributed by atoms with van der Waals surface area (Å²) in [5.41, 5.74) is 4.83. The average Bonchev–Trinajstić information content (AvgIpc) is 3.20. The predicted octanol–water partition coefficient (Wildman–Crippen LogP) is 5.87. The summed E-state index contributed by atoms with van der Waals surface area (Å²) in [6, 6.07) is 22.1. The number of carbonyl (C=O) groups is 2. The second kappa shape index (κ2) is 10.3. The van der Waals surface area contributed by atoms with Crippen molar-refractivity contribution < 1.29 is 14.3 Å². The summed E-state index contributed by atoms with van der Waals surface area (Å²) in [6.07, 6.45) is 0.231. The van der Waals surface area contributed by atoms with E-state index in [1.807, 2.05) is 38.1 Å². The first-order valence-corrected chi connectivity index (χ1v) is 11.6. The Bertz CT molecular complexity index is 1290. The van der Waals surface area contributed by atoms with Gasteiger partial charge in [0, 0.05) is 27.4 Å². The van der Waals surface area contributed by atoms with Crippen molar-refractivity contribution in [1.82, 2.24) is 4.98 Å².